The van der Waals surface area contributed by atoms with Gasteiger partial charge >= 0.3 is 6.09 Å². The number of halogens is 1. The zero-order valence-corrected chi connectivity index (χ0v) is 13.9. The summed E-state index contributed by atoms with van der Waals surface area (Å²) in [4.78, 5) is 14.7. The zero-order valence-electron chi connectivity index (χ0n) is 13.9. The van der Waals surface area contributed by atoms with Gasteiger partial charge in [0.1, 0.15) is 24.2 Å². The summed E-state index contributed by atoms with van der Waals surface area (Å²) in [5, 5.41) is 24.1. The molecule has 4 rings (SSSR count). The number of amides is 1. The molecule has 0 saturated carbocycles. The lowest BCUT2D eigenvalue weighted by Crippen LogP contribution is -2.26. The number of benzene rings is 1. The van der Waals surface area contributed by atoms with Gasteiger partial charge in [-0.25, -0.2) is 13.9 Å². The molecule has 0 bridgehead atoms. The number of nitrogens with zero attached hydrogens (tertiary/aromatic N) is 8. The molecule has 1 aliphatic rings. The van der Waals surface area contributed by atoms with Crippen molar-refractivity contribution < 1.29 is 13.9 Å². The Labute approximate surface area is 152 Å². The van der Waals surface area contributed by atoms with Crippen LogP contribution in [0, 0.1) is 17.1 Å². The van der Waals surface area contributed by atoms with Crippen molar-refractivity contribution in [2.45, 2.75) is 19.2 Å². The summed E-state index contributed by atoms with van der Waals surface area (Å²) in [6, 6.07) is 6.29. The van der Waals surface area contributed by atoms with Crippen LogP contribution in [0.3, 0.4) is 0 Å². The fourth-order valence-corrected chi connectivity index (χ4v) is 2.81. The first-order chi connectivity index (χ1) is 13.1. The van der Waals surface area contributed by atoms with E-state index in [0.29, 0.717) is 17.9 Å². The van der Waals surface area contributed by atoms with E-state index in [1.54, 1.807) is 16.9 Å². The molecule has 1 aromatic carbocycles. The summed E-state index contributed by atoms with van der Waals surface area (Å²) in [6.45, 7) is 0.618. The van der Waals surface area contributed by atoms with Crippen molar-refractivity contribution in [3.05, 3.63) is 42.6 Å². The van der Waals surface area contributed by atoms with E-state index < -0.39 is 18.0 Å². The van der Waals surface area contributed by atoms with Gasteiger partial charge in [0.25, 0.3) is 0 Å². The van der Waals surface area contributed by atoms with Gasteiger partial charge in [-0.15, -0.1) is 5.10 Å². The number of aromatic nitrogens is 6. The van der Waals surface area contributed by atoms with Crippen LogP contribution in [0.25, 0.3) is 11.3 Å². The number of ether oxygens (including phenoxy) is 1. The van der Waals surface area contributed by atoms with Gasteiger partial charge in [0.05, 0.1) is 37.2 Å². The van der Waals surface area contributed by atoms with Gasteiger partial charge in [-0.2, -0.15) is 20.3 Å². The third-order valence-electron chi connectivity index (χ3n) is 4.03. The Hall–Kier alpha value is -3.81. The van der Waals surface area contributed by atoms with Gasteiger partial charge in [-0.3, -0.25) is 4.90 Å². The fraction of sp³-hybridized carbons (Fsp3) is 0.250. The smallest absolute Gasteiger partial charge is 0.414 e. The maximum Gasteiger partial charge on any atom is 0.414 e. The average molecular weight is 368 g/mol. The van der Waals surface area contributed by atoms with Crippen molar-refractivity contribution >= 4 is 11.8 Å². The SMILES string of the molecule is N#CCn1ncc(-c2ccc(N3CC(Cn4ccnn4)OC3=O)cc2F)n1. The van der Waals surface area contributed by atoms with E-state index in [-0.39, 0.29) is 18.7 Å². The molecule has 136 valence electrons. The molecule has 0 radical (unpaired) electrons. The second kappa shape index (κ2) is 6.83. The lowest BCUT2D eigenvalue weighted by Gasteiger charge is -2.14. The standard InChI is InChI=1S/C16H13FN8O2/c17-14-7-11(1-2-13(14)15-8-20-25(21-15)5-3-18)24-10-12(27-16(24)26)9-23-6-4-19-22-23/h1-2,4,6-8,12H,5,9-10H2. The van der Waals surface area contributed by atoms with Crippen molar-refractivity contribution in [3.8, 4) is 17.3 Å². The highest BCUT2D eigenvalue weighted by Gasteiger charge is 2.33. The second-order valence-electron chi connectivity index (χ2n) is 5.82. The van der Waals surface area contributed by atoms with E-state index in [2.05, 4.69) is 20.5 Å². The van der Waals surface area contributed by atoms with Crippen molar-refractivity contribution in [1.29, 1.82) is 5.26 Å². The van der Waals surface area contributed by atoms with Crippen molar-refractivity contribution in [3.63, 3.8) is 0 Å². The van der Waals surface area contributed by atoms with Crippen LogP contribution in [-0.4, -0.2) is 48.7 Å². The molecular formula is C16H13FN8O2. The number of carbonyl (C=O) groups excluding carboxylic acids is 1. The van der Waals surface area contributed by atoms with Crippen LogP contribution < -0.4 is 4.90 Å². The number of nitriles is 1. The molecule has 27 heavy (non-hydrogen) atoms. The Bertz CT molecular complexity index is 1010. The predicted molar refractivity (Wildman–Crippen MR) is 88.7 cm³/mol. The van der Waals surface area contributed by atoms with E-state index in [1.807, 2.05) is 6.07 Å². The van der Waals surface area contributed by atoms with Crippen LogP contribution >= 0.6 is 0 Å². The number of cyclic esters (lactones) is 1. The summed E-state index contributed by atoms with van der Waals surface area (Å²) in [6.07, 6.45) is 3.63. The quantitative estimate of drug-likeness (QED) is 0.665. The highest BCUT2D eigenvalue weighted by molar-refractivity contribution is 5.90. The van der Waals surface area contributed by atoms with Gasteiger partial charge in [-0.05, 0) is 18.2 Å². The van der Waals surface area contributed by atoms with E-state index in [4.69, 9.17) is 10.00 Å². The van der Waals surface area contributed by atoms with Crippen LogP contribution in [0.1, 0.15) is 0 Å². The summed E-state index contributed by atoms with van der Waals surface area (Å²) in [5.41, 5.74) is 0.920. The van der Waals surface area contributed by atoms with Gasteiger partial charge < -0.3 is 4.74 Å². The summed E-state index contributed by atoms with van der Waals surface area (Å²) < 4.78 is 21.4. The van der Waals surface area contributed by atoms with Crippen molar-refractivity contribution in [2.24, 2.45) is 0 Å². The molecule has 0 aliphatic carbocycles. The molecule has 1 atom stereocenters. The van der Waals surface area contributed by atoms with E-state index >= 15 is 0 Å². The predicted octanol–water partition coefficient (Wildman–Crippen LogP) is 1.22. The Morgan fingerprint density at radius 2 is 2.30 bits per heavy atom. The lowest BCUT2D eigenvalue weighted by atomic mass is 10.1. The molecule has 0 N–H and O–H groups in total. The molecular weight excluding hydrogens is 355 g/mol. The fourth-order valence-electron chi connectivity index (χ4n) is 2.81. The minimum Gasteiger partial charge on any atom is -0.442 e. The average Bonchev–Trinajstić information content (AvgIpc) is 3.38. The van der Waals surface area contributed by atoms with E-state index in [0.717, 1.165) is 0 Å². The van der Waals surface area contributed by atoms with Crippen LogP contribution in [-0.2, 0) is 17.8 Å². The molecule has 10 nitrogen and oxygen atoms in total. The maximum atomic E-state index is 14.6. The van der Waals surface area contributed by atoms with Crippen LogP contribution in [0.15, 0.2) is 36.8 Å². The molecule has 2 aromatic heterocycles. The van der Waals surface area contributed by atoms with E-state index in [9.17, 15) is 9.18 Å². The molecule has 1 unspecified atom stereocenters. The number of carbonyl (C=O) groups is 1. The molecule has 11 heteroatoms. The Morgan fingerprint density at radius 1 is 1.41 bits per heavy atom. The minimum atomic E-state index is -0.552. The highest BCUT2D eigenvalue weighted by Crippen LogP contribution is 2.28. The Morgan fingerprint density at radius 3 is 3.04 bits per heavy atom. The van der Waals surface area contributed by atoms with E-state index in [1.165, 1.54) is 34.2 Å². The van der Waals surface area contributed by atoms with Gasteiger partial charge in [-0.1, -0.05) is 5.21 Å². The highest BCUT2D eigenvalue weighted by atomic mass is 19.1. The van der Waals surface area contributed by atoms with Crippen molar-refractivity contribution in [1.82, 2.24) is 30.0 Å². The molecule has 3 aromatic rings. The van der Waals surface area contributed by atoms with Gasteiger partial charge in [0.15, 0.2) is 0 Å². The summed E-state index contributed by atoms with van der Waals surface area (Å²) >= 11 is 0. The number of rotatable bonds is 5. The maximum absolute atomic E-state index is 14.6. The lowest BCUT2D eigenvalue weighted by molar-refractivity contribution is 0.129. The first-order valence-electron chi connectivity index (χ1n) is 8.03. The largest absolute Gasteiger partial charge is 0.442 e. The summed E-state index contributed by atoms with van der Waals surface area (Å²) in [7, 11) is 0. The minimum absolute atomic E-state index is 0.0213. The normalized spacial score (nSPS) is 16.4. The van der Waals surface area contributed by atoms with Crippen molar-refractivity contribution in [2.75, 3.05) is 11.4 Å². The van der Waals surface area contributed by atoms with Gasteiger partial charge in [0, 0.05) is 11.8 Å². The zero-order chi connectivity index (χ0) is 18.8. The second-order valence-corrected chi connectivity index (χ2v) is 5.82. The first kappa shape index (κ1) is 16.6. The van der Waals surface area contributed by atoms with Gasteiger partial charge in [0.2, 0.25) is 0 Å². The molecule has 1 fully saturated rings. The molecule has 1 amide bonds. The topological polar surface area (TPSA) is 115 Å². The van der Waals surface area contributed by atoms with Crippen LogP contribution in [0.2, 0.25) is 0 Å². The third-order valence-corrected chi connectivity index (χ3v) is 4.03. The number of anilines is 1. The van der Waals surface area contributed by atoms with Crippen LogP contribution in [0.5, 0.6) is 0 Å². The molecule has 1 aliphatic heterocycles. The summed E-state index contributed by atoms with van der Waals surface area (Å²) in [5.74, 6) is -0.552. The van der Waals surface area contributed by atoms with Crippen LogP contribution in [0.4, 0.5) is 14.9 Å². The number of hydrogen-bond donors (Lipinski definition) is 0. The monoisotopic (exact) mass is 368 g/mol. The Balaban J connectivity index is 1.51. The first-order valence-corrected chi connectivity index (χ1v) is 8.03. The third kappa shape index (κ3) is 3.32. The number of hydrogen-bond acceptors (Lipinski definition) is 7. The molecule has 3 heterocycles. The molecule has 1 saturated heterocycles. The Kier molecular flexibility index (Phi) is 4.21. The molecule has 0 spiro atoms.